The number of piperidine rings is 1. The number of benzene rings is 1. The molecule has 0 saturated carbocycles. The lowest BCUT2D eigenvalue weighted by molar-refractivity contribution is -0.384. The van der Waals surface area contributed by atoms with Crippen LogP contribution in [0, 0.1) is 10.1 Å². The van der Waals surface area contributed by atoms with Crippen molar-refractivity contribution in [1.82, 2.24) is 10.6 Å². The normalized spacial score (nSPS) is 20.1. The minimum atomic E-state index is -0.445. The molecule has 0 spiro atoms. The van der Waals surface area contributed by atoms with E-state index in [1.165, 1.54) is 12.1 Å². The Balaban J connectivity index is 2.02. The number of carbonyl (C=O) groups excluding carboxylic acids is 1. The topological polar surface area (TPSA) is 84.3 Å². The zero-order valence-corrected chi connectivity index (χ0v) is 11.5. The van der Waals surface area contributed by atoms with E-state index in [1.54, 1.807) is 19.1 Å². The van der Waals surface area contributed by atoms with Crippen LogP contribution in [-0.2, 0) is 4.79 Å². The standard InChI is InChI=1S/C14H19N3O3/c1-10(11-4-2-6-13(8-11)17(19)20)14(18)16-12-5-3-7-15-9-12/h2,4,6,8,10,12,15H,3,5,7,9H2,1H3,(H,16,18). The molecule has 2 unspecified atom stereocenters. The van der Waals surface area contributed by atoms with Gasteiger partial charge in [-0.25, -0.2) is 0 Å². The molecule has 2 atom stereocenters. The first-order chi connectivity index (χ1) is 9.58. The molecular weight excluding hydrogens is 258 g/mol. The summed E-state index contributed by atoms with van der Waals surface area (Å²) >= 11 is 0. The van der Waals surface area contributed by atoms with Gasteiger partial charge >= 0.3 is 0 Å². The number of hydrogen-bond donors (Lipinski definition) is 2. The van der Waals surface area contributed by atoms with E-state index >= 15 is 0 Å². The zero-order chi connectivity index (χ0) is 14.5. The van der Waals surface area contributed by atoms with Gasteiger partial charge in [0, 0.05) is 24.7 Å². The molecule has 6 heteroatoms. The Kier molecular flexibility index (Phi) is 4.68. The summed E-state index contributed by atoms with van der Waals surface area (Å²) in [6, 6.07) is 6.40. The Labute approximate surface area is 117 Å². The van der Waals surface area contributed by atoms with Crippen molar-refractivity contribution in [3.63, 3.8) is 0 Å². The largest absolute Gasteiger partial charge is 0.352 e. The Morgan fingerprint density at radius 1 is 1.55 bits per heavy atom. The molecule has 0 bridgehead atoms. The third-order valence-electron chi connectivity index (χ3n) is 3.62. The summed E-state index contributed by atoms with van der Waals surface area (Å²) in [5.74, 6) is -0.476. The van der Waals surface area contributed by atoms with E-state index in [0.717, 1.165) is 25.9 Å². The molecule has 6 nitrogen and oxygen atoms in total. The highest BCUT2D eigenvalue weighted by molar-refractivity contribution is 5.83. The van der Waals surface area contributed by atoms with E-state index in [-0.39, 0.29) is 17.6 Å². The molecule has 1 aliphatic rings. The van der Waals surface area contributed by atoms with Gasteiger partial charge in [-0.1, -0.05) is 12.1 Å². The third-order valence-corrected chi connectivity index (χ3v) is 3.62. The first kappa shape index (κ1) is 14.5. The molecule has 1 aromatic carbocycles. The molecule has 0 radical (unpaired) electrons. The minimum Gasteiger partial charge on any atom is -0.352 e. The molecule has 1 fully saturated rings. The number of nitro groups is 1. The molecule has 2 rings (SSSR count). The van der Waals surface area contributed by atoms with Crippen molar-refractivity contribution >= 4 is 11.6 Å². The van der Waals surface area contributed by atoms with Crippen molar-refractivity contribution in [3.8, 4) is 0 Å². The molecule has 0 aliphatic carbocycles. The average Bonchev–Trinajstić information content (AvgIpc) is 2.47. The van der Waals surface area contributed by atoms with Gasteiger partial charge in [-0.15, -0.1) is 0 Å². The zero-order valence-electron chi connectivity index (χ0n) is 11.5. The maximum absolute atomic E-state index is 12.2. The van der Waals surface area contributed by atoms with Gasteiger partial charge in [0.2, 0.25) is 5.91 Å². The predicted molar refractivity (Wildman–Crippen MR) is 75.5 cm³/mol. The summed E-state index contributed by atoms with van der Waals surface area (Å²) in [4.78, 5) is 22.5. The third kappa shape index (κ3) is 3.54. The summed E-state index contributed by atoms with van der Waals surface area (Å²) in [5.41, 5.74) is 0.682. The van der Waals surface area contributed by atoms with E-state index in [4.69, 9.17) is 0 Å². The van der Waals surface area contributed by atoms with Crippen molar-refractivity contribution in [2.75, 3.05) is 13.1 Å². The predicted octanol–water partition coefficient (Wildman–Crippen LogP) is 1.57. The van der Waals surface area contributed by atoms with Crippen molar-refractivity contribution in [2.45, 2.75) is 31.7 Å². The van der Waals surface area contributed by atoms with Crippen LogP contribution in [0.4, 0.5) is 5.69 Å². The fourth-order valence-electron chi connectivity index (χ4n) is 2.36. The van der Waals surface area contributed by atoms with E-state index < -0.39 is 10.8 Å². The second-order valence-electron chi connectivity index (χ2n) is 5.13. The van der Waals surface area contributed by atoms with Crippen LogP contribution in [0.1, 0.15) is 31.2 Å². The lowest BCUT2D eigenvalue weighted by Crippen LogP contribution is -2.46. The number of nitro benzene ring substituents is 1. The summed E-state index contributed by atoms with van der Waals surface area (Å²) in [6.07, 6.45) is 2.02. The Bertz CT molecular complexity index is 498. The van der Waals surface area contributed by atoms with Crippen molar-refractivity contribution in [2.24, 2.45) is 0 Å². The molecule has 1 aromatic rings. The van der Waals surface area contributed by atoms with Gasteiger partial charge in [0.15, 0.2) is 0 Å². The van der Waals surface area contributed by atoms with Gasteiger partial charge in [-0.05, 0) is 31.9 Å². The molecule has 1 amide bonds. The van der Waals surface area contributed by atoms with Crippen LogP contribution in [0.15, 0.2) is 24.3 Å². The number of nitrogens with one attached hydrogen (secondary N) is 2. The highest BCUT2D eigenvalue weighted by atomic mass is 16.6. The molecule has 1 saturated heterocycles. The van der Waals surface area contributed by atoms with Crippen molar-refractivity contribution in [1.29, 1.82) is 0 Å². The number of hydrogen-bond acceptors (Lipinski definition) is 4. The minimum absolute atomic E-state index is 0.0153. The van der Waals surface area contributed by atoms with Crippen LogP contribution >= 0.6 is 0 Å². The first-order valence-electron chi connectivity index (χ1n) is 6.83. The monoisotopic (exact) mass is 277 g/mol. The van der Waals surface area contributed by atoms with Crippen LogP contribution in [0.5, 0.6) is 0 Å². The quantitative estimate of drug-likeness (QED) is 0.646. The second kappa shape index (κ2) is 6.47. The highest BCUT2D eigenvalue weighted by Crippen LogP contribution is 2.21. The second-order valence-corrected chi connectivity index (χ2v) is 5.13. The number of carbonyl (C=O) groups is 1. The number of nitrogens with zero attached hydrogens (tertiary/aromatic N) is 1. The van der Waals surface area contributed by atoms with Crippen LogP contribution in [0.25, 0.3) is 0 Å². The van der Waals surface area contributed by atoms with Crippen LogP contribution in [0.3, 0.4) is 0 Å². The fraction of sp³-hybridized carbons (Fsp3) is 0.500. The summed E-state index contributed by atoms with van der Waals surface area (Å²) in [6.45, 7) is 3.55. The Morgan fingerprint density at radius 3 is 3.00 bits per heavy atom. The van der Waals surface area contributed by atoms with Gasteiger partial charge < -0.3 is 10.6 Å². The smallest absolute Gasteiger partial charge is 0.269 e. The lowest BCUT2D eigenvalue weighted by Gasteiger charge is -2.25. The number of rotatable bonds is 4. The highest BCUT2D eigenvalue weighted by Gasteiger charge is 2.21. The van der Waals surface area contributed by atoms with Gasteiger partial charge in [-0.3, -0.25) is 14.9 Å². The van der Waals surface area contributed by atoms with Crippen LogP contribution < -0.4 is 10.6 Å². The average molecular weight is 277 g/mol. The van der Waals surface area contributed by atoms with E-state index in [1.807, 2.05) is 0 Å². The summed E-state index contributed by atoms with van der Waals surface area (Å²) in [5, 5.41) is 17.0. The van der Waals surface area contributed by atoms with Crippen LogP contribution in [0.2, 0.25) is 0 Å². The van der Waals surface area contributed by atoms with Crippen LogP contribution in [-0.4, -0.2) is 30.0 Å². The molecule has 0 aromatic heterocycles. The molecule has 20 heavy (non-hydrogen) atoms. The van der Waals surface area contributed by atoms with E-state index in [2.05, 4.69) is 10.6 Å². The Hall–Kier alpha value is -1.95. The van der Waals surface area contributed by atoms with Gasteiger partial charge in [0.25, 0.3) is 5.69 Å². The number of non-ortho nitro benzene ring substituents is 1. The Morgan fingerprint density at radius 2 is 2.35 bits per heavy atom. The SMILES string of the molecule is CC(C(=O)NC1CCCNC1)c1cccc([N+](=O)[O-])c1. The lowest BCUT2D eigenvalue weighted by atomic mass is 9.98. The van der Waals surface area contributed by atoms with Gasteiger partial charge in [-0.2, -0.15) is 0 Å². The molecule has 1 aliphatic heterocycles. The molecule has 2 N–H and O–H groups in total. The van der Waals surface area contributed by atoms with Crippen molar-refractivity contribution in [3.05, 3.63) is 39.9 Å². The molecule has 1 heterocycles. The number of amides is 1. The first-order valence-corrected chi connectivity index (χ1v) is 6.83. The summed E-state index contributed by atoms with van der Waals surface area (Å²) in [7, 11) is 0. The van der Waals surface area contributed by atoms with Gasteiger partial charge in [0.1, 0.15) is 0 Å². The van der Waals surface area contributed by atoms with Crippen molar-refractivity contribution < 1.29 is 9.72 Å². The fourth-order valence-corrected chi connectivity index (χ4v) is 2.36. The summed E-state index contributed by atoms with van der Waals surface area (Å²) < 4.78 is 0. The van der Waals surface area contributed by atoms with Gasteiger partial charge in [0.05, 0.1) is 10.8 Å². The maximum Gasteiger partial charge on any atom is 0.269 e. The van der Waals surface area contributed by atoms with E-state index in [0.29, 0.717) is 5.56 Å². The van der Waals surface area contributed by atoms with E-state index in [9.17, 15) is 14.9 Å². The molecule has 108 valence electrons. The molecular formula is C14H19N3O3. The maximum atomic E-state index is 12.2.